The van der Waals surface area contributed by atoms with Gasteiger partial charge in [-0.25, -0.2) is 4.79 Å². The number of likely N-dealkylation sites (tertiary alicyclic amines) is 1. The molecular formula is C11H14ClN3OS. The molecule has 2 N–H and O–H groups in total. The van der Waals surface area contributed by atoms with E-state index in [4.69, 9.17) is 11.6 Å². The Balaban J connectivity index is 1.56. The molecule has 0 unspecified atom stereocenters. The summed E-state index contributed by atoms with van der Waals surface area (Å²) in [4.78, 5) is 13.9. The normalized spacial score (nSPS) is 26.5. The molecule has 0 radical (unpaired) electrons. The highest BCUT2D eigenvalue weighted by Gasteiger charge is 2.39. The largest absolute Gasteiger partial charge is 0.334 e. The fraction of sp³-hybridized carbons (Fsp3) is 0.545. The lowest BCUT2D eigenvalue weighted by Gasteiger charge is -2.27. The van der Waals surface area contributed by atoms with Crippen LogP contribution in [0.5, 0.6) is 0 Å². The zero-order chi connectivity index (χ0) is 11.8. The van der Waals surface area contributed by atoms with E-state index in [9.17, 15) is 4.79 Å². The first-order valence-corrected chi connectivity index (χ1v) is 7.04. The number of rotatable bonds is 2. The van der Waals surface area contributed by atoms with Crippen molar-refractivity contribution in [3.8, 4) is 0 Å². The van der Waals surface area contributed by atoms with Crippen molar-refractivity contribution in [1.29, 1.82) is 0 Å². The Morgan fingerprint density at radius 1 is 1.65 bits per heavy atom. The van der Waals surface area contributed by atoms with Gasteiger partial charge in [0.1, 0.15) is 0 Å². The second-order valence-corrected chi connectivity index (χ2v) is 5.70. The Morgan fingerprint density at radius 3 is 3.12 bits per heavy atom. The van der Waals surface area contributed by atoms with Gasteiger partial charge >= 0.3 is 6.03 Å². The molecule has 4 nitrogen and oxygen atoms in total. The standard InChI is InChI=1S/C11H14ClN3OS/c12-10-6-17-5-7(10)2-14-11(16)15-4-8-1-9(15)3-13-8/h5-6,8-9,13H,1-4H2,(H,14,16)/t8-,9-/m0/s1. The monoisotopic (exact) mass is 271 g/mol. The number of nitrogens with zero attached hydrogens (tertiary/aromatic N) is 1. The van der Waals surface area contributed by atoms with Gasteiger partial charge in [0.2, 0.25) is 0 Å². The summed E-state index contributed by atoms with van der Waals surface area (Å²) in [6.45, 7) is 2.27. The van der Waals surface area contributed by atoms with Gasteiger partial charge in [0, 0.05) is 42.7 Å². The number of fused-ring (bicyclic) bond motifs is 2. The number of amides is 2. The number of hydrogen-bond donors (Lipinski definition) is 2. The Morgan fingerprint density at radius 2 is 2.53 bits per heavy atom. The van der Waals surface area contributed by atoms with Crippen molar-refractivity contribution >= 4 is 29.0 Å². The van der Waals surface area contributed by atoms with Crippen LogP contribution in [0.2, 0.25) is 5.02 Å². The Kier molecular flexibility index (Phi) is 2.98. The number of carbonyl (C=O) groups excluding carboxylic acids is 1. The van der Waals surface area contributed by atoms with Crippen LogP contribution in [0, 0.1) is 0 Å². The molecule has 2 bridgehead atoms. The molecule has 2 amide bonds. The molecule has 92 valence electrons. The lowest BCUT2D eigenvalue weighted by atomic mass is 10.2. The highest BCUT2D eigenvalue weighted by molar-refractivity contribution is 7.08. The second-order valence-electron chi connectivity index (χ2n) is 4.55. The lowest BCUT2D eigenvalue weighted by molar-refractivity contribution is 0.184. The van der Waals surface area contributed by atoms with Crippen LogP contribution in [0.15, 0.2) is 10.8 Å². The minimum absolute atomic E-state index is 0.0290. The molecule has 2 fully saturated rings. The summed E-state index contributed by atoms with van der Waals surface area (Å²) in [5, 5.41) is 10.9. The number of halogens is 1. The zero-order valence-corrected chi connectivity index (χ0v) is 10.9. The molecular weight excluding hydrogens is 258 g/mol. The van der Waals surface area contributed by atoms with Gasteiger partial charge in [-0.1, -0.05) is 11.6 Å². The van der Waals surface area contributed by atoms with Gasteiger partial charge in [-0.05, 0) is 11.8 Å². The number of thiophene rings is 1. The molecule has 1 aromatic heterocycles. The molecule has 1 aromatic rings. The molecule has 6 heteroatoms. The van der Waals surface area contributed by atoms with Gasteiger partial charge in [-0.15, -0.1) is 0 Å². The smallest absolute Gasteiger partial charge is 0.318 e. The van der Waals surface area contributed by atoms with Crippen LogP contribution < -0.4 is 10.6 Å². The summed E-state index contributed by atoms with van der Waals surface area (Å²) in [6.07, 6.45) is 1.09. The Labute approximate surface area is 109 Å². The number of piperazine rings is 1. The quantitative estimate of drug-likeness (QED) is 0.859. The molecule has 0 aliphatic carbocycles. The number of nitrogens with one attached hydrogen (secondary N) is 2. The zero-order valence-electron chi connectivity index (χ0n) is 9.28. The first kappa shape index (κ1) is 11.3. The first-order chi connectivity index (χ1) is 8.24. The molecule has 0 spiro atoms. The summed E-state index contributed by atoms with van der Waals surface area (Å²) >= 11 is 7.54. The molecule has 2 aliphatic heterocycles. The minimum atomic E-state index is 0.0290. The van der Waals surface area contributed by atoms with Crippen LogP contribution in [0.4, 0.5) is 4.79 Å². The second kappa shape index (κ2) is 4.48. The van der Waals surface area contributed by atoms with Crippen LogP contribution in [0.1, 0.15) is 12.0 Å². The average Bonchev–Trinajstić information content (AvgIpc) is 3.01. The number of urea groups is 1. The van der Waals surface area contributed by atoms with Crippen LogP contribution in [0.25, 0.3) is 0 Å². The van der Waals surface area contributed by atoms with Crippen molar-refractivity contribution in [3.05, 3.63) is 21.3 Å². The van der Waals surface area contributed by atoms with Crippen molar-refractivity contribution in [2.45, 2.75) is 25.0 Å². The Hall–Kier alpha value is -0.780. The topological polar surface area (TPSA) is 44.4 Å². The van der Waals surface area contributed by atoms with Crippen LogP contribution >= 0.6 is 22.9 Å². The van der Waals surface area contributed by atoms with E-state index in [1.165, 1.54) is 0 Å². The van der Waals surface area contributed by atoms with Crippen molar-refractivity contribution < 1.29 is 4.79 Å². The van der Waals surface area contributed by atoms with Gasteiger partial charge in [0.15, 0.2) is 0 Å². The maximum Gasteiger partial charge on any atom is 0.318 e. The van der Waals surface area contributed by atoms with Crippen molar-refractivity contribution in [2.24, 2.45) is 0 Å². The summed E-state index contributed by atoms with van der Waals surface area (Å²) in [7, 11) is 0. The highest BCUT2D eigenvalue weighted by Crippen LogP contribution is 2.24. The molecule has 2 saturated heterocycles. The van der Waals surface area contributed by atoms with Crippen LogP contribution in [-0.4, -0.2) is 36.1 Å². The van der Waals surface area contributed by atoms with E-state index >= 15 is 0 Å². The van der Waals surface area contributed by atoms with Gasteiger partial charge < -0.3 is 15.5 Å². The van der Waals surface area contributed by atoms with Crippen molar-refractivity contribution in [2.75, 3.05) is 13.1 Å². The van der Waals surface area contributed by atoms with E-state index in [0.717, 1.165) is 30.1 Å². The maximum atomic E-state index is 12.0. The third-order valence-corrected chi connectivity index (χ3v) is 4.71. The third-order valence-electron chi connectivity index (χ3n) is 3.44. The Bertz CT molecular complexity index is 436. The van der Waals surface area contributed by atoms with Crippen LogP contribution in [0.3, 0.4) is 0 Å². The lowest BCUT2D eigenvalue weighted by Crippen LogP contribution is -2.50. The predicted molar refractivity (Wildman–Crippen MR) is 68.5 cm³/mol. The molecule has 0 aromatic carbocycles. The summed E-state index contributed by atoms with van der Waals surface area (Å²) in [5.74, 6) is 0. The maximum absolute atomic E-state index is 12.0. The molecule has 2 aliphatic rings. The fourth-order valence-electron chi connectivity index (χ4n) is 2.52. The molecule has 0 saturated carbocycles. The van der Waals surface area contributed by atoms with E-state index in [2.05, 4.69) is 10.6 Å². The van der Waals surface area contributed by atoms with E-state index in [0.29, 0.717) is 18.6 Å². The van der Waals surface area contributed by atoms with Gasteiger partial charge in [-0.2, -0.15) is 11.3 Å². The molecule has 3 rings (SSSR count). The third kappa shape index (κ3) is 2.14. The minimum Gasteiger partial charge on any atom is -0.334 e. The molecule has 3 heterocycles. The van der Waals surface area contributed by atoms with E-state index < -0.39 is 0 Å². The summed E-state index contributed by atoms with van der Waals surface area (Å²) in [5.41, 5.74) is 0.993. The molecule has 2 atom stereocenters. The SMILES string of the molecule is O=C(NCc1cscc1Cl)N1C[C@@H]2C[C@H]1CN2. The van der Waals surface area contributed by atoms with E-state index in [1.807, 2.05) is 15.7 Å². The number of hydrogen-bond acceptors (Lipinski definition) is 3. The average molecular weight is 272 g/mol. The summed E-state index contributed by atoms with van der Waals surface area (Å²) in [6, 6.07) is 0.898. The number of carbonyl (C=O) groups is 1. The predicted octanol–water partition coefficient (Wildman–Crippen LogP) is 1.66. The molecule has 17 heavy (non-hydrogen) atoms. The van der Waals surface area contributed by atoms with Gasteiger partial charge in [0.05, 0.1) is 5.02 Å². The van der Waals surface area contributed by atoms with Crippen molar-refractivity contribution in [1.82, 2.24) is 15.5 Å². The van der Waals surface area contributed by atoms with E-state index in [1.54, 1.807) is 11.3 Å². The van der Waals surface area contributed by atoms with Gasteiger partial charge in [-0.3, -0.25) is 0 Å². The first-order valence-electron chi connectivity index (χ1n) is 5.72. The van der Waals surface area contributed by atoms with Crippen LogP contribution in [-0.2, 0) is 6.54 Å². The fourth-order valence-corrected chi connectivity index (χ4v) is 3.57. The van der Waals surface area contributed by atoms with Gasteiger partial charge in [0.25, 0.3) is 0 Å². The van der Waals surface area contributed by atoms with Crippen molar-refractivity contribution in [3.63, 3.8) is 0 Å². The summed E-state index contributed by atoms with van der Waals surface area (Å²) < 4.78 is 0. The highest BCUT2D eigenvalue weighted by atomic mass is 35.5. The van der Waals surface area contributed by atoms with E-state index in [-0.39, 0.29) is 6.03 Å².